The number of aliphatic imine (C=N–C) groups is 1. The molecule has 27 heavy (non-hydrogen) atoms. The molecule has 0 saturated heterocycles. The molecule has 0 spiro atoms. The minimum absolute atomic E-state index is 0.761. The maximum Gasteiger partial charge on any atom is 0.190 e. The van der Waals surface area contributed by atoms with Gasteiger partial charge in [-0.3, -0.25) is 9.67 Å². The first-order valence-electron chi connectivity index (χ1n) is 9.28. The van der Waals surface area contributed by atoms with E-state index in [1.165, 1.54) is 16.6 Å². The fourth-order valence-electron chi connectivity index (χ4n) is 3.23. The molecule has 3 N–H and O–H groups in total. The number of nitrogens with one attached hydrogen (secondary N) is 3. The van der Waals surface area contributed by atoms with Crippen LogP contribution < -0.4 is 10.6 Å². The molecule has 6 nitrogen and oxygen atoms in total. The van der Waals surface area contributed by atoms with Crippen molar-refractivity contribution in [1.29, 1.82) is 0 Å². The number of aromatic amines is 1. The van der Waals surface area contributed by atoms with Crippen LogP contribution in [-0.4, -0.2) is 40.9 Å². The molecule has 0 aliphatic heterocycles. The van der Waals surface area contributed by atoms with E-state index >= 15 is 0 Å². The van der Waals surface area contributed by atoms with E-state index in [0.29, 0.717) is 0 Å². The van der Waals surface area contributed by atoms with Crippen molar-refractivity contribution in [3.8, 4) is 0 Å². The zero-order valence-corrected chi connectivity index (χ0v) is 16.9. The van der Waals surface area contributed by atoms with Crippen molar-refractivity contribution in [2.45, 2.75) is 33.2 Å². The fraction of sp³-hybridized carbons (Fsp3) is 0.400. The van der Waals surface area contributed by atoms with Crippen LogP contribution >= 0.6 is 11.6 Å². The van der Waals surface area contributed by atoms with Gasteiger partial charge in [0.05, 0.1) is 5.69 Å². The SMILES string of the molecule is CN=C(NCCCn1nc(C)cc1C)NCCc1c[nH]c2ccc(Cl)cc12. The first-order valence-corrected chi connectivity index (χ1v) is 9.65. The zero-order chi connectivity index (χ0) is 19.2. The Hall–Kier alpha value is -2.47. The maximum absolute atomic E-state index is 6.12. The number of hydrogen-bond donors (Lipinski definition) is 3. The summed E-state index contributed by atoms with van der Waals surface area (Å²) in [6, 6.07) is 8.03. The molecule has 0 saturated carbocycles. The van der Waals surface area contributed by atoms with Crippen LogP contribution in [0.25, 0.3) is 10.9 Å². The van der Waals surface area contributed by atoms with Crippen LogP contribution in [0.5, 0.6) is 0 Å². The number of nitrogens with zero attached hydrogens (tertiary/aromatic N) is 3. The van der Waals surface area contributed by atoms with E-state index in [2.05, 4.69) is 43.4 Å². The standard InChI is InChI=1S/C20H27ClN6/c1-14-11-15(2)27(26-14)10-4-8-23-20(22-3)24-9-7-16-13-25-19-6-5-17(21)12-18(16)19/h5-6,11-13,25H,4,7-10H2,1-3H3,(H2,22,23,24). The van der Waals surface area contributed by atoms with Gasteiger partial charge in [0.25, 0.3) is 0 Å². The minimum Gasteiger partial charge on any atom is -0.361 e. The second-order valence-electron chi connectivity index (χ2n) is 6.68. The van der Waals surface area contributed by atoms with Gasteiger partial charge in [-0.15, -0.1) is 0 Å². The van der Waals surface area contributed by atoms with Crippen molar-refractivity contribution in [3.63, 3.8) is 0 Å². The third-order valence-corrected chi connectivity index (χ3v) is 4.82. The van der Waals surface area contributed by atoms with Gasteiger partial charge in [0.1, 0.15) is 0 Å². The van der Waals surface area contributed by atoms with Crippen LogP contribution in [0.4, 0.5) is 0 Å². The molecule has 2 aromatic heterocycles. The summed E-state index contributed by atoms with van der Waals surface area (Å²) in [7, 11) is 1.79. The minimum atomic E-state index is 0.761. The lowest BCUT2D eigenvalue weighted by Crippen LogP contribution is -2.39. The summed E-state index contributed by atoms with van der Waals surface area (Å²) in [4.78, 5) is 7.58. The zero-order valence-electron chi connectivity index (χ0n) is 16.1. The lowest BCUT2D eigenvalue weighted by atomic mass is 10.1. The molecule has 0 aliphatic carbocycles. The van der Waals surface area contributed by atoms with Crippen molar-refractivity contribution in [3.05, 3.63) is 52.4 Å². The van der Waals surface area contributed by atoms with Crippen LogP contribution in [0.3, 0.4) is 0 Å². The van der Waals surface area contributed by atoms with Gasteiger partial charge in [-0.1, -0.05) is 11.6 Å². The molecule has 144 valence electrons. The number of aryl methyl sites for hydroxylation is 3. The molecule has 0 unspecified atom stereocenters. The number of guanidine groups is 1. The van der Waals surface area contributed by atoms with Gasteiger partial charge in [0, 0.05) is 54.5 Å². The highest BCUT2D eigenvalue weighted by Crippen LogP contribution is 2.22. The lowest BCUT2D eigenvalue weighted by molar-refractivity contribution is 0.555. The smallest absolute Gasteiger partial charge is 0.190 e. The van der Waals surface area contributed by atoms with Crippen LogP contribution in [0, 0.1) is 13.8 Å². The summed E-state index contributed by atoms with van der Waals surface area (Å²) in [5.41, 5.74) is 4.63. The molecular weight excluding hydrogens is 360 g/mol. The summed E-state index contributed by atoms with van der Waals surface area (Å²) in [6.45, 7) is 6.66. The monoisotopic (exact) mass is 386 g/mol. The molecule has 0 fully saturated rings. The van der Waals surface area contributed by atoms with Gasteiger partial charge in [-0.05, 0) is 56.5 Å². The predicted molar refractivity (Wildman–Crippen MR) is 113 cm³/mol. The van der Waals surface area contributed by atoms with Crippen LogP contribution in [0.15, 0.2) is 35.5 Å². The number of benzene rings is 1. The van der Waals surface area contributed by atoms with Gasteiger partial charge in [-0.25, -0.2) is 0 Å². The topological polar surface area (TPSA) is 70.0 Å². The Morgan fingerprint density at radius 2 is 2.04 bits per heavy atom. The average molecular weight is 387 g/mol. The molecule has 3 aromatic rings. The Morgan fingerprint density at radius 1 is 1.22 bits per heavy atom. The molecule has 0 aliphatic rings. The Kier molecular flexibility index (Phi) is 6.40. The van der Waals surface area contributed by atoms with E-state index in [-0.39, 0.29) is 0 Å². The third kappa shape index (κ3) is 5.04. The van der Waals surface area contributed by atoms with Crippen LogP contribution in [0.2, 0.25) is 5.02 Å². The van der Waals surface area contributed by atoms with Crippen molar-refractivity contribution in [2.24, 2.45) is 4.99 Å². The summed E-state index contributed by atoms with van der Waals surface area (Å²) >= 11 is 6.12. The Balaban J connectivity index is 1.42. The van der Waals surface area contributed by atoms with E-state index in [1.807, 2.05) is 31.3 Å². The number of rotatable bonds is 7. The van der Waals surface area contributed by atoms with Crippen molar-refractivity contribution in [2.75, 3.05) is 20.1 Å². The number of hydrogen-bond acceptors (Lipinski definition) is 2. The first kappa shape index (κ1) is 19.3. The maximum atomic E-state index is 6.12. The quantitative estimate of drug-likeness (QED) is 0.331. The lowest BCUT2D eigenvalue weighted by Gasteiger charge is -2.12. The largest absolute Gasteiger partial charge is 0.361 e. The average Bonchev–Trinajstić information content (AvgIpc) is 3.19. The highest BCUT2D eigenvalue weighted by Gasteiger charge is 2.05. The molecule has 0 radical (unpaired) electrons. The Labute approximate surface area is 165 Å². The number of halogens is 1. The van der Waals surface area contributed by atoms with E-state index in [1.54, 1.807) is 7.05 Å². The van der Waals surface area contributed by atoms with E-state index in [9.17, 15) is 0 Å². The highest BCUT2D eigenvalue weighted by molar-refractivity contribution is 6.31. The van der Waals surface area contributed by atoms with Gasteiger partial charge < -0.3 is 15.6 Å². The number of H-pyrrole nitrogens is 1. The molecule has 0 atom stereocenters. The summed E-state index contributed by atoms with van der Waals surface area (Å²) in [5.74, 6) is 0.821. The normalized spacial score (nSPS) is 11.9. The Bertz CT molecular complexity index is 924. The summed E-state index contributed by atoms with van der Waals surface area (Å²) < 4.78 is 2.05. The molecular formula is C20H27ClN6. The van der Waals surface area contributed by atoms with Gasteiger partial charge in [0.15, 0.2) is 5.96 Å². The number of fused-ring (bicyclic) bond motifs is 1. The van der Waals surface area contributed by atoms with Crippen LogP contribution in [0.1, 0.15) is 23.4 Å². The van der Waals surface area contributed by atoms with Crippen molar-refractivity contribution in [1.82, 2.24) is 25.4 Å². The molecule has 1 aromatic carbocycles. The van der Waals surface area contributed by atoms with Crippen molar-refractivity contribution < 1.29 is 0 Å². The van der Waals surface area contributed by atoms with Crippen molar-refractivity contribution >= 4 is 28.5 Å². The molecule has 2 heterocycles. The van der Waals surface area contributed by atoms with E-state index in [0.717, 1.165) is 54.7 Å². The predicted octanol–water partition coefficient (Wildman–Crippen LogP) is 3.43. The highest BCUT2D eigenvalue weighted by atomic mass is 35.5. The first-order chi connectivity index (χ1) is 13.1. The van der Waals surface area contributed by atoms with Gasteiger partial charge in [-0.2, -0.15) is 5.10 Å². The van der Waals surface area contributed by atoms with Crippen LogP contribution in [-0.2, 0) is 13.0 Å². The summed E-state index contributed by atoms with van der Waals surface area (Å²) in [5, 5.41) is 13.2. The van der Waals surface area contributed by atoms with E-state index < -0.39 is 0 Å². The van der Waals surface area contributed by atoms with Gasteiger partial charge >= 0.3 is 0 Å². The Morgan fingerprint density at radius 3 is 2.78 bits per heavy atom. The molecule has 7 heteroatoms. The summed E-state index contributed by atoms with van der Waals surface area (Å²) in [6.07, 6.45) is 3.93. The molecule has 0 bridgehead atoms. The third-order valence-electron chi connectivity index (χ3n) is 4.58. The second kappa shape index (κ2) is 8.95. The second-order valence-corrected chi connectivity index (χ2v) is 7.12. The number of aromatic nitrogens is 3. The molecule has 3 rings (SSSR count). The van der Waals surface area contributed by atoms with Gasteiger partial charge in [0.2, 0.25) is 0 Å². The molecule has 0 amide bonds. The van der Waals surface area contributed by atoms with E-state index in [4.69, 9.17) is 11.6 Å². The fourth-order valence-corrected chi connectivity index (χ4v) is 3.40.